The lowest BCUT2D eigenvalue weighted by molar-refractivity contribution is -0.153. The van der Waals surface area contributed by atoms with Crippen LogP contribution in [-0.2, 0) is 14.3 Å². The first-order chi connectivity index (χ1) is 12.1. The summed E-state index contributed by atoms with van der Waals surface area (Å²) in [7, 11) is 0. The van der Waals surface area contributed by atoms with Gasteiger partial charge in [0.05, 0.1) is 12.0 Å². The number of nitrogens with one attached hydrogen (secondary N) is 1. The van der Waals surface area contributed by atoms with E-state index in [0.29, 0.717) is 6.42 Å². The molecule has 4 nitrogen and oxygen atoms in total. The van der Waals surface area contributed by atoms with Crippen LogP contribution in [-0.4, -0.2) is 18.5 Å². The summed E-state index contributed by atoms with van der Waals surface area (Å²) < 4.78 is 5.18. The van der Waals surface area contributed by atoms with Crippen molar-refractivity contribution < 1.29 is 14.3 Å². The molecule has 25 heavy (non-hydrogen) atoms. The van der Waals surface area contributed by atoms with Crippen LogP contribution in [0.1, 0.15) is 37.8 Å². The smallest absolute Gasteiger partial charge is 0.309 e. The van der Waals surface area contributed by atoms with Crippen molar-refractivity contribution in [1.29, 1.82) is 0 Å². The third-order valence-electron chi connectivity index (χ3n) is 4.62. The largest absolute Gasteiger partial charge is 0.455 e. The monoisotopic (exact) mass is 337 g/mol. The van der Waals surface area contributed by atoms with E-state index in [1.165, 1.54) is 0 Å². The van der Waals surface area contributed by atoms with Crippen molar-refractivity contribution in [3.05, 3.63) is 60.2 Å². The average Bonchev–Trinajstić information content (AvgIpc) is 2.66. The van der Waals surface area contributed by atoms with Gasteiger partial charge in [-0.3, -0.25) is 9.59 Å². The third kappa shape index (κ3) is 4.27. The second kappa shape index (κ2) is 7.97. The van der Waals surface area contributed by atoms with Gasteiger partial charge in [0.15, 0.2) is 6.61 Å². The zero-order chi connectivity index (χ0) is 17.6. The van der Waals surface area contributed by atoms with Crippen LogP contribution in [0.4, 0.5) is 0 Å². The van der Waals surface area contributed by atoms with Crippen LogP contribution >= 0.6 is 0 Å². The second-order valence-corrected chi connectivity index (χ2v) is 6.45. The number of fused-ring (bicyclic) bond motifs is 1. The van der Waals surface area contributed by atoms with E-state index < -0.39 is 0 Å². The van der Waals surface area contributed by atoms with Crippen LogP contribution in [0, 0.1) is 5.92 Å². The molecule has 1 aliphatic carbocycles. The van der Waals surface area contributed by atoms with Crippen molar-refractivity contribution in [2.24, 2.45) is 5.92 Å². The minimum atomic E-state index is -0.280. The van der Waals surface area contributed by atoms with E-state index >= 15 is 0 Å². The molecule has 2 atom stereocenters. The lowest BCUT2D eigenvalue weighted by Crippen LogP contribution is -2.32. The Labute approximate surface area is 147 Å². The van der Waals surface area contributed by atoms with E-state index in [1.54, 1.807) is 0 Å². The van der Waals surface area contributed by atoms with Gasteiger partial charge in [0.25, 0.3) is 5.91 Å². The first-order valence-electron chi connectivity index (χ1n) is 8.74. The number of hydrogen-bond donors (Lipinski definition) is 1. The fourth-order valence-electron chi connectivity index (χ4n) is 3.25. The Bertz CT molecular complexity index is 791. The standard InChI is InChI=1S/C21H23NO3/c1-15(18-13-7-11-16-8-5-6-12-19(16)18)22-20(23)14-25-21(24)17-9-3-2-4-10-17/h2-3,5-8,11-13,15,17H,4,9-10,14H2,1H3,(H,22,23)/t15-,17-/m0/s1. The summed E-state index contributed by atoms with van der Waals surface area (Å²) in [6, 6.07) is 14.0. The van der Waals surface area contributed by atoms with Gasteiger partial charge in [-0.25, -0.2) is 0 Å². The predicted molar refractivity (Wildman–Crippen MR) is 97.9 cm³/mol. The maximum atomic E-state index is 12.1. The first-order valence-corrected chi connectivity index (χ1v) is 8.74. The number of carbonyl (C=O) groups is 2. The quantitative estimate of drug-likeness (QED) is 0.665. The van der Waals surface area contributed by atoms with Crippen LogP contribution in [0.3, 0.4) is 0 Å². The summed E-state index contributed by atoms with van der Waals surface area (Å²) in [5, 5.41) is 5.17. The molecule has 0 saturated carbocycles. The summed E-state index contributed by atoms with van der Waals surface area (Å²) >= 11 is 0. The molecule has 0 aliphatic heterocycles. The molecule has 4 heteroatoms. The summed E-state index contributed by atoms with van der Waals surface area (Å²) in [5.41, 5.74) is 1.05. The predicted octanol–water partition coefficient (Wildman–Crippen LogP) is 3.92. The summed E-state index contributed by atoms with van der Waals surface area (Å²) in [6.07, 6.45) is 6.46. The van der Waals surface area contributed by atoms with Crippen LogP contribution in [0.15, 0.2) is 54.6 Å². The van der Waals surface area contributed by atoms with E-state index in [1.807, 2.05) is 55.5 Å². The molecule has 0 heterocycles. The highest BCUT2D eigenvalue weighted by Gasteiger charge is 2.21. The van der Waals surface area contributed by atoms with E-state index in [4.69, 9.17) is 4.74 Å². The second-order valence-electron chi connectivity index (χ2n) is 6.45. The van der Waals surface area contributed by atoms with Gasteiger partial charge in [-0.05, 0) is 42.5 Å². The molecule has 0 fully saturated rings. The average molecular weight is 337 g/mol. The molecular formula is C21H23NO3. The summed E-state index contributed by atoms with van der Waals surface area (Å²) in [4.78, 5) is 24.1. The van der Waals surface area contributed by atoms with Gasteiger partial charge in [-0.2, -0.15) is 0 Å². The van der Waals surface area contributed by atoms with Crippen LogP contribution in [0.2, 0.25) is 0 Å². The number of hydrogen-bond acceptors (Lipinski definition) is 3. The Morgan fingerprint density at radius 2 is 1.96 bits per heavy atom. The molecule has 0 spiro atoms. The fraction of sp³-hybridized carbons (Fsp3) is 0.333. The Morgan fingerprint density at radius 1 is 1.16 bits per heavy atom. The maximum absolute atomic E-state index is 12.1. The summed E-state index contributed by atoms with van der Waals surface area (Å²) in [5.74, 6) is -0.675. The molecule has 0 aromatic heterocycles. The first kappa shape index (κ1) is 17.2. The molecule has 0 bridgehead atoms. The van der Waals surface area contributed by atoms with E-state index in [9.17, 15) is 9.59 Å². The SMILES string of the molecule is C[C@H](NC(=O)COC(=O)[C@H]1CC=CCC1)c1cccc2ccccc12. The number of rotatable bonds is 5. The number of carbonyl (C=O) groups excluding carboxylic acids is 2. The van der Waals surface area contributed by atoms with Gasteiger partial charge in [0.1, 0.15) is 0 Å². The molecule has 0 radical (unpaired) electrons. The molecule has 1 N–H and O–H groups in total. The Kier molecular flexibility index (Phi) is 5.49. The van der Waals surface area contributed by atoms with Crippen LogP contribution in [0.5, 0.6) is 0 Å². The molecule has 0 saturated heterocycles. The highest BCUT2D eigenvalue weighted by Crippen LogP contribution is 2.24. The van der Waals surface area contributed by atoms with Crippen molar-refractivity contribution in [3.8, 4) is 0 Å². The highest BCUT2D eigenvalue weighted by atomic mass is 16.5. The van der Waals surface area contributed by atoms with Gasteiger partial charge in [-0.1, -0.05) is 54.6 Å². The van der Waals surface area contributed by atoms with Crippen LogP contribution in [0.25, 0.3) is 10.8 Å². The van der Waals surface area contributed by atoms with Gasteiger partial charge in [0, 0.05) is 0 Å². The highest BCUT2D eigenvalue weighted by molar-refractivity contribution is 5.87. The Morgan fingerprint density at radius 3 is 2.76 bits per heavy atom. The lowest BCUT2D eigenvalue weighted by atomic mass is 9.95. The normalized spacial score (nSPS) is 17.9. The van der Waals surface area contributed by atoms with E-state index in [0.717, 1.165) is 29.2 Å². The van der Waals surface area contributed by atoms with Crippen molar-refractivity contribution in [2.75, 3.05) is 6.61 Å². The van der Waals surface area contributed by atoms with Gasteiger partial charge < -0.3 is 10.1 Å². The topological polar surface area (TPSA) is 55.4 Å². The van der Waals surface area contributed by atoms with Gasteiger partial charge >= 0.3 is 5.97 Å². The maximum Gasteiger partial charge on any atom is 0.309 e. The number of esters is 1. The summed E-state index contributed by atoms with van der Waals surface area (Å²) in [6.45, 7) is 1.71. The Hall–Kier alpha value is -2.62. The number of benzene rings is 2. The van der Waals surface area contributed by atoms with Gasteiger partial charge in [-0.15, -0.1) is 0 Å². The zero-order valence-electron chi connectivity index (χ0n) is 14.4. The molecule has 0 unspecified atom stereocenters. The van der Waals surface area contributed by atoms with Crippen LogP contribution < -0.4 is 5.32 Å². The van der Waals surface area contributed by atoms with Crippen molar-refractivity contribution >= 4 is 22.6 Å². The van der Waals surface area contributed by atoms with Gasteiger partial charge in [0.2, 0.25) is 0 Å². The number of allylic oxidation sites excluding steroid dienone is 2. The molecule has 2 aromatic carbocycles. The fourth-order valence-corrected chi connectivity index (χ4v) is 3.25. The lowest BCUT2D eigenvalue weighted by Gasteiger charge is -2.18. The minimum Gasteiger partial charge on any atom is -0.455 e. The van der Waals surface area contributed by atoms with Crippen molar-refractivity contribution in [1.82, 2.24) is 5.32 Å². The van der Waals surface area contributed by atoms with E-state index in [2.05, 4.69) is 11.4 Å². The van der Waals surface area contributed by atoms with Crippen molar-refractivity contribution in [3.63, 3.8) is 0 Å². The molecular weight excluding hydrogens is 314 g/mol. The molecule has 1 aliphatic rings. The number of amides is 1. The van der Waals surface area contributed by atoms with E-state index in [-0.39, 0.29) is 30.4 Å². The zero-order valence-corrected chi connectivity index (χ0v) is 14.4. The third-order valence-corrected chi connectivity index (χ3v) is 4.62. The molecule has 130 valence electrons. The Balaban J connectivity index is 1.57. The molecule has 2 aromatic rings. The molecule has 1 amide bonds. The number of ether oxygens (including phenoxy) is 1. The van der Waals surface area contributed by atoms with Crippen molar-refractivity contribution in [2.45, 2.75) is 32.2 Å². The minimum absolute atomic E-state index is 0.117. The molecule has 3 rings (SSSR count).